The smallest absolute Gasteiger partial charge is 0.302 e. The molecule has 2 nitrogen and oxygen atoms in total. The van der Waals surface area contributed by atoms with Gasteiger partial charge in [0.15, 0.2) is 0 Å². The van der Waals surface area contributed by atoms with Crippen molar-refractivity contribution in [1.82, 2.24) is 0 Å². The van der Waals surface area contributed by atoms with Crippen LogP contribution in [-0.2, 0) is 9.53 Å². The molecule has 0 amide bonds. The van der Waals surface area contributed by atoms with Crippen molar-refractivity contribution in [1.29, 1.82) is 0 Å². The average Bonchev–Trinajstić information content (AvgIpc) is 2.09. The summed E-state index contributed by atoms with van der Waals surface area (Å²) in [4.78, 5) is 10.4. The Hall–Kier alpha value is -1.05. The van der Waals surface area contributed by atoms with Crippen LogP contribution in [0.3, 0.4) is 0 Å². The van der Waals surface area contributed by atoms with Crippen LogP contribution in [0, 0.1) is 0 Å². The van der Waals surface area contributed by atoms with Gasteiger partial charge in [0.1, 0.15) is 0 Å². The summed E-state index contributed by atoms with van der Waals surface area (Å²) in [5.74, 6) is -0.209. The molecule has 0 heterocycles. The molecule has 0 bridgehead atoms. The minimum absolute atomic E-state index is 0.209. The van der Waals surface area contributed by atoms with Gasteiger partial charge in [0.2, 0.25) is 0 Å². The second-order valence-electron chi connectivity index (χ2n) is 2.72. The van der Waals surface area contributed by atoms with Gasteiger partial charge in [-0.05, 0) is 19.3 Å². The fourth-order valence-electron chi connectivity index (χ4n) is 0.826. The molecule has 0 aromatic rings. The van der Waals surface area contributed by atoms with Crippen molar-refractivity contribution >= 4 is 5.97 Å². The SMILES string of the molecule is CCC=CC/C=C\CCOC(C)=O. The minimum Gasteiger partial charge on any atom is -0.466 e. The molecule has 74 valence electrons. The first-order valence-corrected chi connectivity index (χ1v) is 4.70. The number of hydrogen-bond donors (Lipinski definition) is 0. The van der Waals surface area contributed by atoms with Crippen LogP contribution in [0.25, 0.3) is 0 Å². The largest absolute Gasteiger partial charge is 0.466 e. The Kier molecular flexibility index (Phi) is 8.31. The molecule has 0 fully saturated rings. The molecule has 0 aliphatic heterocycles. The third-order valence-electron chi connectivity index (χ3n) is 1.43. The number of esters is 1. The predicted octanol–water partition coefficient (Wildman–Crippen LogP) is 2.85. The Morgan fingerprint density at radius 1 is 1.23 bits per heavy atom. The summed E-state index contributed by atoms with van der Waals surface area (Å²) < 4.78 is 4.76. The van der Waals surface area contributed by atoms with Crippen LogP contribution >= 0.6 is 0 Å². The van der Waals surface area contributed by atoms with Crippen molar-refractivity contribution in [3.05, 3.63) is 24.3 Å². The highest BCUT2D eigenvalue weighted by Gasteiger charge is 1.87. The molecule has 0 unspecified atom stereocenters. The lowest BCUT2D eigenvalue weighted by Crippen LogP contribution is -1.98. The summed E-state index contributed by atoms with van der Waals surface area (Å²) in [6, 6.07) is 0. The number of carbonyl (C=O) groups is 1. The molecule has 0 saturated heterocycles. The zero-order valence-electron chi connectivity index (χ0n) is 8.45. The standard InChI is InChI=1S/C11H18O2/c1-3-4-5-6-7-8-9-10-13-11(2)12/h4-5,7-8H,3,6,9-10H2,1-2H3/b5-4?,8-7-. The van der Waals surface area contributed by atoms with Gasteiger partial charge >= 0.3 is 5.97 Å². The molecular weight excluding hydrogens is 164 g/mol. The van der Waals surface area contributed by atoms with Crippen molar-refractivity contribution in [3.63, 3.8) is 0 Å². The van der Waals surface area contributed by atoms with Crippen LogP contribution in [0.5, 0.6) is 0 Å². The average molecular weight is 182 g/mol. The first kappa shape index (κ1) is 11.9. The van der Waals surface area contributed by atoms with E-state index >= 15 is 0 Å². The molecular formula is C11H18O2. The topological polar surface area (TPSA) is 26.3 Å². The Balaban J connectivity index is 3.22. The van der Waals surface area contributed by atoms with Gasteiger partial charge in [-0.2, -0.15) is 0 Å². The maximum Gasteiger partial charge on any atom is 0.302 e. The highest BCUT2D eigenvalue weighted by molar-refractivity contribution is 5.65. The second kappa shape index (κ2) is 9.04. The Labute approximate surface area is 80.3 Å². The third-order valence-corrected chi connectivity index (χ3v) is 1.43. The van der Waals surface area contributed by atoms with Crippen molar-refractivity contribution < 1.29 is 9.53 Å². The van der Waals surface area contributed by atoms with Crippen LogP contribution in [0.15, 0.2) is 24.3 Å². The molecule has 2 heteroatoms. The zero-order chi connectivity index (χ0) is 9.94. The monoisotopic (exact) mass is 182 g/mol. The van der Waals surface area contributed by atoms with Crippen molar-refractivity contribution in [3.8, 4) is 0 Å². The minimum atomic E-state index is -0.209. The maximum atomic E-state index is 10.4. The third kappa shape index (κ3) is 10.9. The normalized spacial score (nSPS) is 11.2. The van der Waals surface area contributed by atoms with Gasteiger partial charge < -0.3 is 4.74 Å². The van der Waals surface area contributed by atoms with E-state index in [9.17, 15) is 4.79 Å². The van der Waals surface area contributed by atoms with E-state index in [0.29, 0.717) is 6.61 Å². The molecule has 0 atom stereocenters. The summed E-state index contributed by atoms with van der Waals surface area (Å²) in [5, 5.41) is 0. The summed E-state index contributed by atoms with van der Waals surface area (Å²) in [6.07, 6.45) is 11.2. The van der Waals surface area contributed by atoms with Crippen LogP contribution in [0.2, 0.25) is 0 Å². The molecule has 0 spiro atoms. The van der Waals surface area contributed by atoms with Gasteiger partial charge in [-0.25, -0.2) is 0 Å². The summed E-state index contributed by atoms with van der Waals surface area (Å²) in [6.45, 7) is 4.03. The van der Waals surface area contributed by atoms with Gasteiger partial charge in [-0.15, -0.1) is 0 Å². The van der Waals surface area contributed by atoms with Crippen molar-refractivity contribution in [2.75, 3.05) is 6.61 Å². The zero-order valence-corrected chi connectivity index (χ0v) is 8.45. The predicted molar refractivity (Wildman–Crippen MR) is 54.4 cm³/mol. The molecule has 0 rings (SSSR count). The van der Waals surface area contributed by atoms with Crippen LogP contribution in [0.4, 0.5) is 0 Å². The fourth-order valence-corrected chi connectivity index (χ4v) is 0.826. The van der Waals surface area contributed by atoms with Crippen LogP contribution in [0.1, 0.15) is 33.1 Å². The van der Waals surface area contributed by atoms with Gasteiger partial charge in [0.25, 0.3) is 0 Å². The number of allylic oxidation sites excluding steroid dienone is 3. The Bertz CT molecular complexity index is 181. The molecule has 0 aliphatic rings. The highest BCUT2D eigenvalue weighted by atomic mass is 16.5. The molecule has 0 aromatic carbocycles. The Morgan fingerprint density at radius 2 is 1.92 bits per heavy atom. The number of carbonyl (C=O) groups excluding carboxylic acids is 1. The summed E-state index contributed by atoms with van der Waals surface area (Å²) in [5.41, 5.74) is 0. The molecule has 0 saturated carbocycles. The van der Waals surface area contributed by atoms with E-state index in [2.05, 4.69) is 25.2 Å². The van der Waals surface area contributed by atoms with E-state index < -0.39 is 0 Å². The van der Waals surface area contributed by atoms with E-state index in [0.717, 1.165) is 19.3 Å². The second-order valence-corrected chi connectivity index (χ2v) is 2.72. The Morgan fingerprint density at radius 3 is 2.54 bits per heavy atom. The molecule has 0 aliphatic carbocycles. The lowest BCUT2D eigenvalue weighted by molar-refractivity contribution is -0.140. The van der Waals surface area contributed by atoms with Crippen LogP contribution < -0.4 is 0 Å². The van der Waals surface area contributed by atoms with Gasteiger partial charge in [-0.3, -0.25) is 4.79 Å². The highest BCUT2D eigenvalue weighted by Crippen LogP contribution is 1.91. The van der Waals surface area contributed by atoms with E-state index in [1.807, 2.05) is 6.08 Å². The molecule has 0 radical (unpaired) electrons. The van der Waals surface area contributed by atoms with E-state index in [1.165, 1.54) is 6.92 Å². The van der Waals surface area contributed by atoms with Gasteiger partial charge in [-0.1, -0.05) is 31.2 Å². The van der Waals surface area contributed by atoms with Gasteiger partial charge in [0, 0.05) is 6.92 Å². The fraction of sp³-hybridized carbons (Fsp3) is 0.545. The lowest BCUT2D eigenvalue weighted by Gasteiger charge is -1.95. The summed E-state index contributed by atoms with van der Waals surface area (Å²) >= 11 is 0. The van der Waals surface area contributed by atoms with Gasteiger partial charge in [0.05, 0.1) is 6.61 Å². The molecule has 0 aromatic heterocycles. The quantitative estimate of drug-likeness (QED) is 0.358. The van der Waals surface area contributed by atoms with E-state index in [4.69, 9.17) is 4.74 Å². The first-order chi connectivity index (χ1) is 6.27. The number of rotatable bonds is 6. The number of ether oxygens (including phenoxy) is 1. The van der Waals surface area contributed by atoms with Crippen molar-refractivity contribution in [2.45, 2.75) is 33.1 Å². The lowest BCUT2D eigenvalue weighted by atomic mass is 10.3. The number of hydrogen-bond acceptors (Lipinski definition) is 2. The molecule has 0 N–H and O–H groups in total. The van der Waals surface area contributed by atoms with E-state index in [1.54, 1.807) is 0 Å². The summed E-state index contributed by atoms with van der Waals surface area (Å²) in [7, 11) is 0. The first-order valence-electron chi connectivity index (χ1n) is 4.70. The maximum absolute atomic E-state index is 10.4. The van der Waals surface area contributed by atoms with Crippen LogP contribution in [-0.4, -0.2) is 12.6 Å². The van der Waals surface area contributed by atoms with Crippen molar-refractivity contribution in [2.24, 2.45) is 0 Å². The molecule has 13 heavy (non-hydrogen) atoms. The van der Waals surface area contributed by atoms with E-state index in [-0.39, 0.29) is 5.97 Å².